The molecule has 22 heavy (non-hydrogen) atoms. The summed E-state index contributed by atoms with van der Waals surface area (Å²) < 4.78 is 0. The molecule has 116 valence electrons. The van der Waals surface area contributed by atoms with Gasteiger partial charge in [0.2, 0.25) is 0 Å². The molecule has 3 rings (SSSR count). The van der Waals surface area contributed by atoms with Crippen LogP contribution in [-0.4, -0.2) is 34.2 Å². The van der Waals surface area contributed by atoms with Gasteiger partial charge >= 0.3 is 6.03 Å². The summed E-state index contributed by atoms with van der Waals surface area (Å²) >= 11 is 0. The summed E-state index contributed by atoms with van der Waals surface area (Å²) in [5, 5.41) is 9.71. The van der Waals surface area contributed by atoms with Crippen molar-refractivity contribution in [2.75, 3.05) is 13.1 Å². The van der Waals surface area contributed by atoms with E-state index >= 15 is 0 Å². The van der Waals surface area contributed by atoms with Gasteiger partial charge in [-0.3, -0.25) is 5.10 Å². The lowest BCUT2D eigenvalue weighted by molar-refractivity contribution is 0.0870. The van der Waals surface area contributed by atoms with E-state index in [1.807, 2.05) is 17.9 Å². The van der Waals surface area contributed by atoms with E-state index in [9.17, 15) is 4.79 Å². The van der Waals surface area contributed by atoms with Crippen LogP contribution in [0.5, 0.6) is 0 Å². The maximum Gasteiger partial charge on any atom is 0.317 e. The number of carbonyl (C=O) groups excluding carboxylic acids is 1. The van der Waals surface area contributed by atoms with Crippen LogP contribution in [-0.2, 0) is 5.41 Å². The predicted octanol–water partition coefficient (Wildman–Crippen LogP) is 2.84. The van der Waals surface area contributed by atoms with Crippen molar-refractivity contribution in [3.63, 3.8) is 0 Å². The van der Waals surface area contributed by atoms with Crippen molar-refractivity contribution in [2.45, 2.75) is 31.7 Å². The lowest BCUT2D eigenvalue weighted by Gasteiger charge is -2.50. The fourth-order valence-electron chi connectivity index (χ4n) is 3.09. The number of hydrogen-bond acceptors (Lipinski definition) is 2. The molecule has 2 aromatic rings. The highest BCUT2D eigenvalue weighted by molar-refractivity contribution is 5.76. The molecular weight excluding hydrogens is 276 g/mol. The molecule has 5 nitrogen and oxygen atoms in total. The molecule has 1 saturated heterocycles. The minimum atomic E-state index is -0.0420. The normalized spacial score (nSPS) is 17.6. The van der Waals surface area contributed by atoms with Crippen LogP contribution in [0.2, 0.25) is 0 Å². The molecule has 0 radical (unpaired) electrons. The third kappa shape index (κ3) is 2.58. The molecular formula is C17H22N4O. The van der Waals surface area contributed by atoms with Crippen molar-refractivity contribution in [3.05, 3.63) is 53.9 Å². The first-order valence-corrected chi connectivity index (χ1v) is 7.74. The number of carbonyl (C=O) groups is 1. The molecule has 5 heteroatoms. The summed E-state index contributed by atoms with van der Waals surface area (Å²) in [6, 6.07) is 10.4. The van der Waals surface area contributed by atoms with E-state index in [1.165, 1.54) is 5.56 Å². The average Bonchev–Trinajstić information content (AvgIpc) is 3.02. The molecule has 0 bridgehead atoms. The van der Waals surface area contributed by atoms with Gasteiger partial charge in [0.05, 0.1) is 12.2 Å². The van der Waals surface area contributed by atoms with Crippen molar-refractivity contribution in [3.8, 4) is 0 Å². The van der Waals surface area contributed by atoms with Gasteiger partial charge in [0.25, 0.3) is 0 Å². The largest absolute Gasteiger partial charge is 0.331 e. The number of aromatic nitrogens is 2. The lowest BCUT2D eigenvalue weighted by atomic mass is 9.72. The zero-order valence-electron chi connectivity index (χ0n) is 13.0. The predicted molar refractivity (Wildman–Crippen MR) is 85.5 cm³/mol. The SMILES string of the molecule is CCC1(c2ccccc2)CN(C(=O)N[C@@H](C)c2cn[nH]c2)C1. The van der Waals surface area contributed by atoms with E-state index < -0.39 is 0 Å². The Kier molecular flexibility index (Phi) is 3.88. The summed E-state index contributed by atoms with van der Waals surface area (Å²) in [6.45, 7) is 5.71. The number of hydrogen-bond donors (Lipinski definition) is 2. The van der Waals surface area contributed by atoms with Gasteiger partial charge in [-0.1, -0.05) is 37.3 Å². The van der Waals surface area contributed by atoms with E-state index in [-0.39, 0.29) is 17.5 Å². The molecule has 1 fully saturated rings. The maximum absolute atomic E-state index is 12.4. The number of amides is 2. The highest BCUT2D eigenvalue weighted by Gasteiger charge is 2.45. The first-order valence-electron chi connectivity index (χ1n) is 7.74. The van der Waals surface area contributed by atoms with Crippen LogP contribution < -0.4 is 5.32 Å². The van der Waals surface area contributed by atoms with E-state index in [0.29, 0.717) is 0 Å². The van der Waals surface area contributed by atoms with Crippen LogP contribution in [0.3, 0.4) is 0 Å². The summed E-state index contributed by atoms with van der Waals surface area (Å²) in [5.74, 6) is 0. The molecule has 1 aliphatic rings. The number of nitrogens with one attached hydrogen (secondary N) is 2. The van der Waals surface area contributed by atoms with Gasteiger partial charge in [-0.25, -0.2) is 4.79 Å². The molecule has 2 heterocycles. The third-order valence-corrected chi connectivity index (χ3v) is 4.70. The van der Waals surface area contributed by atoms with Crippen molar-refractivity contribution in [2.24, 2.45) is 0 Å². The number of aromatic amines is 1. The maximum atomic E-state index is 12.4. The van der Waals surface area contributed by atoms with Crippen LogP contribution in [0.1, 0.15) is 37.4 Å². The fraction of sp³-hybridized carbons (Fsp3) is 0.412. The van der Waals surface area contributed by atoms with Crippen molar-refractivity contribution < 1.29 is 4.79 Å². The first kappa shape index (κ1) is 14.6. The second-order valence-electron chi connectivity index (χ2n) is 6.06. The van der Waals surface area contributed by atoms with Crippen LogP contribution >= 0.6 is 0 Å². The molecule has 0 aliphatic carbocycles. The van der Waals surface area contributed by atoms with Crippen molar-refractivity contribution >= 4 is 6.03 Å². The van der Waals surface area contributed by atoms with Crippen LogP contribution in [0.25, 0.3) is 0 Å². The lowest BCUT2D eigenvalue weighted by Crippen LogP contribution is -2.63. The Morgan fingerprint density at radius 1 is 1.41 bits per heavy atom. The Balaban J connectivity index is 1.61. The van der Waals surface area contributed by atoms with Crippen LogP contribution in [0.15, 0.2) is 42.7 Å². The van der Waals surface area contributed by atoms with E-state index in [0.717, 1.165) is 25.1 Å². The minimum Gasteiger partial charge on any atom is -0.331 e. The number of nitrogens with zero attached hydrogens (tertiary/aromatic N) is 2. The first-order chi connectivity index (χ1) is 10.6. The van der Waals surface area contributed by atoms with Gasteiger partial charge in [0, 0.05) is 30.3 Å². The zero-order chi connectivity index (χ0) is 15.6. The second kappa shape index (κ2) is 5.83. The number of urea groups is 1. The molecule has 1 aromatic carbocycles. The van der Waals surface area contributed by atoms with E-state index in [2.05, 4.69) is 46.7 Å². The highest BCUT2D eigenvalue weighted by atomic mass is 16.2. The number of benzene rings is 1. The van der Waals surface area contributed by atoms with Crippen LogP contribution in [0.4, 0.5) is 4.79 Å². The van der Waals surface area contributed by atoms with E-state index in [1.54, 1.807) is 12.4 Å². The molecule has 1 aromatic heterocycles. The second-order valence-corrected chi connectivity index (χ2v) is 6.06. The Labute approximate surface area is 130 Å². The molecule has 1 atom stereocenters. The Bertz CT molecular complexity index is 617. The smallest absolute Gasteiger partial charge is 0.317 e. The van der Waals surface area contributed by atoms with Gasteiger partial charge in [-0.15, -0.1) is 0 Å². The Morgan fingerprint density at radius 3 is 2.73 bits per heavy atom. The molecule has 2 amide bonds. The summed E-state index contributed by atoms with van der Waals surface area (Å²) in [6.07, 6.45) is 4.58. The summed E-state index contributed by atoms with van der Waals surface area (Å²) in [7, 11) is 0. The Hall–Kier alpha value is -2.30. The van der Waals surface area contributed by atoms with Gasteiger partial charge in [0.15, 0.2) is 0 Å². The number of rotatable bonds is 4. The average molecular weight is 298 g/mol. The molecule has 0 unspecified atom stereocenters. The highest BCUT2D eigenvalue weighted by Crippen LogP contribution is 2.37. The monoisotopic (exact) mass is 298 g/mol. The number of H-pyrrole nitrogens is 1. The van der Waals surface area contributed by atoms with Gasteiger partial charge < -0.3 is 10.2 Å². The van der Waals surface area contributed by atoms with Crippen LogP contribution in [0, 0.1) is 0 Å². The fourth-order valence-corrected chi connectivity index (χ4v) is 3.09. The minimum absolute atomic E-state index is 0.00583. The standard InChI is InChI=1S/C17H22N4O/c1-3-17(15-7-5-4-6-8-15)11-21(12-17)16(22)20-13(2)14-9-18-19-10-14/h4-10,13H,3,11-12H2,1-2H3,(H,18,19)(H,20,22)/t13-/m0/s1. The zero-order valence-corrected chi connectivity index (χ0v) is 13.0. The quantitative estimate of drug-likeness (QED) is 0.911. The molecule has 0 saturated carbocycles. The molecule has 2 N–H and O–H groups in total. The number of likely N-dealkylation sites (tertiary alicyclic amines) is 1. The summed E-state index contributed by atoms with van der Waals surface area (Å²) in [4.78, 5) is 14.2. The van der Waals surface area contributed by atoms with Gasteiger partial charge in [-0.2, -0.15) is 5.10 Å². The third-order valence-electron chi connectivity index (χ3n) is 4.70. The van der Waals surface area contributed by atoms with Crippen molar-refractivity contribution in [1.29, 1.82) is 0 Å². The van der Waals surface area contributed by atoms with E-state index in [4.69, 9.17) is 0 Å². The molecule has 0 spiro atoms. The van der Waals surface area contributed by atoms with Gasteiger partial charge in [0.1, 0.15) is 0 Å². The topological polar surface area (TPSA) is 61.0 Å². The van der Waals surface area contributed by atoms with Crippen molar-refractivity contribution in [1.82, 2.24) is 20.4 Å². The molecule has 1 aliphatic heterocycles. The summed E-state index contributed by atoms with van der Waals surface area (Å²) in [5.41, 5.74) is 2.42. The van der Waals surface area contributed by atoms with Gasteiger partial charge in [-0.05, 0) is 18.9 Å². The Morgan fingerprint density at radius 2 is 2.14 bits per heavy atom.